The monoisotopic (exact) mass is 214 g/mol. The van der Waals surface area contributed by atoms with Crippen LogP contribution in [0.2, 0.25) is 0 Å². The summed E-state index contributed by atoms with van der Waals surface area (Å²) in [4.78, 5) is 6.30. The first kappa shape index (κ1) is 8.68. The highest BCUT2D eigenvalue weighted by Crippen LogP contribution is 2.23. The molecule has 15 heavy (non-hydrogen) atoms. The molecule has 2 nitrogen and oxygen atoms in total. The lowest BCUT2D eigenvalue weighted by Gasteiger charge is -2.00. The fourth-order valence-electron chi connectivity index (χ4n) is 1.96. The van der Waals surface area contributed by atoms with Crippen molar-refractivity contribution in [2.75, 3.05) is 0 Å². The van der Waals surface area contributed by atoms with Gasteiger partial charge in [0.2, 0.25) is 0 Å². The number of hydrogen-bond donors (Lipinski definition) is 2. The van der Waals surface area contributed by atoms with Crippen molar-refractivity contribution in [3.63, 3.8) is 0 Å². The second-order valence-corrected chi connectivity index (χ2v) is 4.20. The normalized spacial score (nSPS) is 11.3. The maximum atomic E-state index is 5.09. The van der Waals surface area contributed by atoms with Crippen molar-refractivity contribution in [3.05, 3.63) is 40.7 Å². The van der Waals surface area contributed by atoms with Crippen molar-refractivity contribution in [3.8, 4) is 0 Å². The number of imidazole rings is 1. The van der Waals surface area contributed by atoms with E-state index in [-0.39, 0.29) is 0 Å². The molecular weight excluding hydrogens is 204 g/mol. The van der Waals surface area contributed by atoms with Gasteiger partial charge in [-0.15, -0.1) is 0 Å². The quantitative estimate of drug-likeness (QED) is 0.549. The number of benzene rings is 2. The van der Waals surface area contributed by atoms with Gasteiger partial charge in [-0.3, -0.25) is 0 Å². The van der Waals surface area contributed by atoms with Crippen LogP contribution < -0.4 is 0 Å². The number of aromatic nitrogens is 2. The van der Waals surface area contributed by atoms with Gasteiger partial charge in [-0.1, -0.05) is 29.8 Å². The lowest BCUT2D eigenvalue weighted by molar-refractivity contribution is 1.30. The van der Waals surface area contributed by atoms with Gasteiger partial charge >= 0.3 is 0 Å². The zero-order valence-corrected chi connectivity index (χ0v) is 9.11. The average molecular weight is 214 g/mol. The largest absolute Gasteiger partial charge is 0.331 e. The lowest BCUT2D eigenvalue weighted by Crippen LogP contribution is -1.77. The molecule has 3 rings (SSSR count). The molecule has 2 aromatic carbocycles. The predicted octanol–water partition coefficient (Wildman–Crippen LogP) is 3.69. The zero-order valence-electron chi connectivity index (χ0n) is 8.29. The van der Waals surface area contributed by atoms with E-state index in [0.717, 1.165) is 11.0 Å². The molecule has 2 N–H and O–H groups in total. The summed E-state index contributed by atoms with van der Waals surface area (Å²) in [7, 11) is 0. The predicted molar refractivity (Wildman–Crippen MR) is 65.7 cm³/mol. The van der Waals surface area contributed by atoms with Crippen molar-refractivity contribution in [2.24, 2.45) is 0 Å². The molecule has 3 aromatic rings. The van der Waals surface area contributed by atoms with Crippen LogP contribution in [-0.2, 0) is 0 Å². The third-order valence-corrected chi connectivity index (χ3v) is 2.87. The van der Waals surface area contributed by atoms with Crippen LogP contribution in [0.4, 0.5) is 0 Å². The van der Waals surface area contributed by atoms with E-state index in [0.29, 0.717) is 4.77 Å². The summed E-state index contributed by atoms with van der Waals surface area (Å²) in [5, 5.41) is 2.46. The van der Waals surface area contributed by atoms with Crippen LogP contribution in [0.25, 0.3) is 21.8 Å². The summed E-state index contributed by atoms with van der Waals surface area (Å²) >= 11 is 5.09. The van der Waals surface area contributed by atoms with Crippen LogP contribution in [0.1, 0.15) is 5.56 Å². The number of aromatic amines is 2. The molecule has 0 aliphatic carbocycles. The molecule has 1 aromatic heterocycles. The maximum absolute atomic E-state index is 5.09. The van der Waals surface area contributed by atoms with Crippen LogP contribution in [0.5, 0.6) is 0 Å². The van der Waals surface area contributed by atoms with Crippen LogP contribution in [-0.4, -0.2) is 9.97 Å². The Balaban J connectivity index is 2.59. The first-order chi connectivity index (χ1) is 7.24. The van der Waals surface area contributed by atoms with Crippen LogP contribution in [0.3, 0.4) is 0 Å². The molecule has 0 spiro atoms. The van der Waals surface area contributed by atoms with Crippen molar-refractivity contribution >= 4 is 34.0 Å². The van der Waals surface area contributed by atoms with E-state index < -0.39 is 0 Å². The molecule has 74 valence electrons. The molecule has 0 fully saturated rings. The van der Waals surface area contributed by atoms with E-state index in [4.69, 9.17) is 12.2 Å². The summed E-state index contributed by atoms with van der Waals surface area (Å²) in [6.07, 6.45) is 0. The molecule has 0 saturated heterocycles. The minimum atomic E-state index is 0.679. The minimum Gasteiger partial charge on any atom is -0.331 e. The number of aryl methyl sites for hydroxylation is 1. The highest BCUT2D eigenvalue weighted by molar-refractivity contribution is 7.71. The topological polar surface area (TPSA) is 31.6 Å². The molecule has 1 heterocycles. The maximum Gasteiger partial charge on any atom is 0.175 e. The van der Waals surface area contributed by atoms with Gasteiger partial charge in [-0.25, -0.2) is 0 Å². The van der Waals surface area contributed by atoms with E-state index in [9.17, 15) is 0 Å². The van der Waals surface area contributed by atoms with Crippen LogP contribution in [0.15, 0.2) is 30.3 Å². The molecule has 0 aliphatic heterocycles. The van der Waals surface area contributed by atoms with Crippen LogP contribution >= 0.6 is 12.2 Å². The first-order valence-corrected chi connectivity index (χ1v) is 5.26. The molecular formula is C12H10N2S. The fourth-order valence-corrected chi connectivity index (χ4v) is 2.17. The standard InChI is InChI=1S/C12H10N2S/c1-7-2-4-9-8(6-7)3-5-10-11(9)14-12(15)13-10/h2-6H,1H3,(H2,13,14,15). The minimum absolute atomic E-state index is 0.679. The van der Waals surface area contributed by atoms with E-state index in [1.54, 1.807) is 0 Å². The molecule has 0 unspecified atom stereocenters. The van der Waals surface area contributed by atoms with Crippen molar-refractivity contribution in [2.45, 2.75) is 6.92 Å². The Labute approximate surface area is 91.9 Å². The second kappa shape index (κ2) is 2.94. The Hall–Kier alpha value is -1.61. The van der Waals surface area contributed by atoms with Gasteiger partial charge in [0, 0.05) is 5.39 Å². The smallest absolute Gasteiger partial charge is 0.175 e. The van der Waals surface area contributed by atoms with Crippen molar-refractivity contribution in [1.82, 2.24) is 9.97 Å². The number of rotatable bonds is 0. The summed E-state index contributed by atoms with van der Waals surface area (Å²) in [6, 6.07) is 10.6. The molecule has 0 saturated carbocycles. The Kier molecular flexibility index (Phi) is 1.70. The first-order valence-electron chi connectivity index (χ1n) is 4.85. The molecule has 0 bridgehead atoms. The highest BCUT2D eigenvalue weighted by Gasteiger charge is 2.01. The van der Waals surface area contributed by atoms with E-state index in [1.807, 2.05) is 0 Å². The Bertz CT molecular complexity index is 706. The van der Waals surface area contributed by atoms with Crippen molar-refractivity contribution < 1.29 is 0 Å². The molecule has 0 aliphatic rings. The van der Waals surface area contributed by atoms with Gasteiger partial charge in [-0.05, 0) is 30.6 Å². The van der Waals surface area contributed by atoms with Gasteiger partial charge in [0.1, 0.15) is 0 Å². The van der Waals surface area contributed by atoms with Gasteiger partial charge in [0.15, 0.2) is 4.77 Å². The summed E-state index contributed by atoms with van der Waals surface area (Å²) < 4.78 is 0.679. The Morgan fingerprint density at radius 3 is 2.80 bits per heavy atom. The average Bonchev–Trinajstić information content (AvgIpc) is 2.58. The fraction of sp³-hybridized carbons (Fsp3) is 0.0833. The zero-order chi connectivity index (χ0) is 10.4. The third kappa shape index (κ3) is 1.27. The second-order valence-electron chi connectivity index (χ2n) is 3.79. The number of hydrogen-bond acceptors (Lipinski definition) is 1. The van der Waals surface area contributed by atoms with Gasteiger partial charge < -0.3 is 9.97 Å². The Morgan fingerprint density at radius 1 is 1.07 bits per heavy atom. The number of nitrogens with one attached hydrogen (secondary N) is 2. The molecule has 0 radical (unpaired) electrons. The van der Waals surface area contributed by atoms with Crippen LogP contribution in [0, 0.1) is 11.7 Å². The van der Waals surface area contributed by atoms with E-state index >= 15 is 0 Å². The third-order valence-electron chi connectivity index (χ3n) is 2.66. The highest BCUT2D eigenvalue weighted by atomic mass is 32.1. The lowest BCUT2D eigenvalue weighted by atomic mass is 10.1. The summed E-state index contributed by atoms with van der Waals surface area (Å²) in [5.74, 6) is 0. The molecule has 0 atom stereocenters. The summed E-state index contributed by atoms with van der Waals surface area (Å²) in [5.41, 5.74) is 3.44. The summed E-state index contributed by atoms with van der Waals surface area (Å²) in [6.45, 7) is 2.10. The SMILES string of the molecule is Cc1ccc2c(ccc3[nH]c(=S)[nH]c32)c1. The number of fused-ring (bicyclic) bond motifs is 3. The van der Waals surface area contributed by atoms with Gasteiger partial charge in [-0.2, -0.15) is 0 Å². The van der Waals surface area contributed by atoms with E-state index in [1.165, 1.54) is 16.3 Å². The molecule has 3 heteroatoms. The Morgan fingerprint density at radius 2 is 1.93 bits per heavy atom. The number of H-pyrrole nitrogens is 2. The molecule has 0 amide bonds. The van der Waals surface area contributed by atoms with Gasteiger partial charge in [0.05, 0.1) is 11.0 Å². The van der Waals surface area contributed by atoms with E-state index in [2.05, 4.69) is 47.2 Å². The van der Waals surface area contributed by atoms with Crippen molar-refractivity contribution in [1.29, 1.82) is 0 Å². The van der Waals surface area contributed by atoms with Gasteiger partial charge in [0.25, 0.3) is 0 Å².